The molecule has 0 atom stereocenters. The highest BCUT2D eigenvalue weighted by Gasteiger charge is 2.12. The molecule has 0 fully saturated rings. The van der Waals surface area contributed by atoms with E-state index in [1.165, 1.54) is 0 Å². The Hall–Kier alpha value is -0.750. The van der Waals surface area contributed by atoms with Gasteiger partial charge in [0.15, 0.2) is 5.16 Å². The minimum atomic E-state index is 0.282. The van der Waals surface area contributed by atoms with E-state index >= 15 is 0 Å². The van der Waals surface area contributed by atoms with Gasteiger partial charge in [0, 0.05) is 18.4 Å². The lowest BCUT2D eigenvalue weighted by Crippen LogP contribution is -2.08. The van der Waals surface area contributed by atoms with Gasteiger partial charge in [0.05, 0.1) is 6.61 Å². The number of nitrogens with two attached hydrogens (primary N) is 1. The highest BCUT2D eigenvalue weighted by molar-refractivity contribution is 7.99. The maximum Gasteiger partial charge on any atom is 0.222 e. The predicted octanol–water partition coefficient (Wildman–Crippen LogP) is 2.60. The maximum absolute atomic E-state index is 5.77. The van der Waals surface area contributed by atoms with Crippen molar-refractivity contribution in [2.75, 3.05) is 24.7 Å². The minimum Gasteiger partial charge on any atom is -0.381 e. The molecule has 0 spiro atoms. The van der Waals surface area contributed by atoms with Gasteiger partial charge in [-0.2, -0.15) is 0 Å². The van der Waals surface area contributed by atoms with E-state index in [1.54, 1.807) is 11.8 Å². The molecule has 0 aliphatic rings. The summed E-state index contributed by atoms with van der Waals surface area (Å²) in [5, 5.41) is 8.85. The van der Waals surface area contributed by atoms with Gasteiger partial charge in [-0.05, 0) is 26.2 Å². The molecule has 2 N–H and O–H groups in total. The Bertz CT molecular complexity index is 352. The molecule has 0 saturated heterocycles. The molecule has 1 aromatic heterocycles. The fourth-order valence-electron chi connectivity index (χ4n) is 1.49. The summed E-state index contributed by atoms with van der Waals surface area (Å²) in [5.74, 6) is 2.05. The van der Waals surface area contributed by atoms with Crippen molar-refractivity contribution in [1.82, 2.24) is 14.8 Å². The highest BCUT2D eigenvalue weighted by Crippen LogP contribution is 2.22. The first-order valence-electron chi connectivity index (χ1n) is 6.43. The molecule has 0 amide bonds. The zero-order valence-corrected chi connectivity index (χ0v) is 12.5. The average Bonchev–Trinajstić information content (AvgIpc) is 2.64. The number of anilines is 1. The molecule has 18 heavy (non-hydrogen) atoms. The first-order chi connectivity index (χ1) is 8.52. The number of nitrogen functional groups attached to an aromatic ring is 1. The fourth-order valence-corrected chi connectivity index (χ4v) is 2.41. The van der Waals surface area contributed by atoms with E-state index in [1.807, 2.05) is 4.57 Å². The number of aromatic nitrogens is 3. The van der Waals surface area contributed by atoms with Crippen molar-refractivity contribution in [3.63, 3.8) is 0 Å². The number of nitrogens with zero attached hydrogens (tertiary/aromatic N) is 3. The number of hydrogen-bond acceptors (Lipinski definition) is 5. The second-order valence-corrected chi connectivity index (χ2v) is 6.01. The van der Waals surface area contributed by atoms with Crippen LogP contribution in [0.25, 0.3) is 0 Å². The van der Waals surface area contributed by atoms with Crippen molar-refractivity contribution in [2.24, 2.45) is 5.92 Å². The Labute approximate surface area is 113 Å². The van der Waals surface area contributed by atoms with Crippen LogP contribution >= 0.6 is 11.8 Å². The zero-order chi connectivity index (χ0) is 13.5. The fraction of sp³-hybridized carbons (Fsp3) is 0.833. The Morgan fingerprint density at radius 3 is 2.56 bits per heavy atom. The Morgan fingerprint density at radius 1 is 1.22 bits per heavy atom. The topological polar surface area (TPSA) is 66.0 Å². The zero-order valence-electron chi connectivity index (χ0n) is 11.7. The van der Waals surface area contributed by atoms with Crippen LogP contribution in [-0.2, 0) is 4.74 Å². The molecule has 0 aliphatic heterocycles. The van der Waals surface area contributed by atoms with Crippen molar-refractivity contribution in [3.8, 4) is 0 Å². The standard InChI is InChI=1S/C12H24N4OS/c1-9(2)5-6-17-7-8-18-12-15-14-11(13)16(12)10(3)4/h9-10H,5-8H2,1-4H3,(H2,13,14). The molecular weight excluding hydrogens is 248 g/mol. The molecule has 0 saturated carbocycles. The van der Waals surface area contributed by atoms with Crippen LogP contribution in [-0.4, -0.2) is 33.7 Å². The van der Waals surface area contributed by atoms with Crippen LogP contribution in [0.15, 0.2) is 5.16 Å². The van der Waals surface area contributed by atoms with Crippen molar-refractivity contribution in [1.29, 1.82) is 0 Å². The van der Waals surface area contributed by atoms with E-state index in [0.29, 0.717) is 11.9 Å². The lowest BCUT2D eigenvalue weighted by molar-refractivity contribution is 0.138. The van der Waals surface area contributed by atoms with Crippen LogP contribution < -0.4 is 5.73 Å². The Kier molecular flexibility index (Phi) is 6.49. The normalized spacial score (nSPS) is 11.7. The van der Waals surface area contributed by atoms with Crippen LogP contribution in [0.5, 0.6) is 0 Å². The van der Waals surface area contributed by atoms with Crippen molar-refractivity contribution in [2.45, 2.75) is 45.3 Å². The number of hydrogen-bond donors (Lipinski definition) is 1. The Morgan fingerprint density at radius 2 is 1.94 bits per heavy atom. The largest absolute Gasteiger partial charge is 0.381 e. The Balaban J connectivity index is 2.27. The quantitative estimate of drug-likeness (QED) is 0.582. The molecule has 0 unspecified atom stereocenters. The smallest absolute Gasteiger partial charge is 0.222 e. The molecule has 104 valence electrons. The first-order valence-corrected chi connectivity index (χ1v) is 7.41. The van der Waals surface area contributed by atoms with Crippen LogP contribution in [0.2, 0.25) is 0 Å². The van der Waals surface area contributed by atoms with E-state index in [9.17, 15) is 0 Å². The van der Waals surface area contributed by atoms with Crippen molar-refractivity contribution >= 4 is 17.7 Å². The molecule has 1 aromatic rings. The van der Waals surface area contributed by atoms with Crippen LogP contribution in [0, 0.1) is 5.92 Å². The summed E-state index contributed by atoms with van der Waals surface area (Å²) in [6.07, 6.45) is 1.11. The monoisotopic (exact) mass is 272 g/mol. The molecule has 6 heteroatoms. The molecule has 0 bridgehead atoms. The molecule has 1 heterocycles. The van der Waals surface area contributed by atoms with Gasteiger partial charge >= 0.3 is 0 Å². The van der Waals surface area contributed by atoms with Gasteiger partial charge < -0.3 is 10.5 Å². The molecule has 0 radical (unpaired) electrons. The van der Waals surface area contributed by atoms with E-state index < -0.39 is 0 Å². The third-order valence-electron chi connectivity index (χ3n) is 2.51. The SMILES string of the molecule is CC(C)CCOCCSc1nnc(N)n1C(C)C. The summed E-state index contributed by atoms with van der Waals surface area (Å²) in [6.45, 7) is 10.1. The van der Waals surface area contributed by atoms with Gasteiger partial charge in [0.2, 0.25) is 5.95 Å². The highest BCUT2D eigenvalue weighted by atomic mass is 32.2. The lowest BCUT2D eigenvalue weighted by atomic mass is 10.1. The minimum absolute atomic E-state index is 0.282. The lowest BCUT2D eigenvalue weighted by Gasteiger charge is -2.11. The first kappa shape index (κ1) is 15.3. The van der Waals surface area contributed by atoms with Gasteiger partial charge in [0.25, 0.3) is 0 Å². The maximum atomic E-state index is 5.77. The van der Waals surface area contributed by atoms with Gasteiger partial charge in [-0.3, -0.25) is 4.57 Å². The van der Waals surface area contributed by atoms with Crippen LogP contribution in [0.4, 0.5) is 5.95 Å². The van der Waals surface area contributed by atoms with Crippen LogP contribution in [0.3, 0.4) is 0 Å². The van der Waals surface area contributed by atoms with Crippen molar-refractivity contribution in [3.05, 3.63) is 0 Å². The van der Waals surface area contributed by atoms with Gasteiger partial charge in [-0.15, -0.1) is 10.2 Å². The molecule has 5 nitrogen and oxygen atoms in total. The summed E-state index contributed by atoms with van der Waals surface area (Å²) in [5.41, 5.74) is 5.77. The van der Waals surface area contributed by atoms with E-state index in [-0.39, 0.29) is 6.04 Å². The van der Waals surface area contributed by atoms with Crippen molar-refractivity contribution < 1.29 is 4.74 Å². The number of thioether (sulfide) groups is 1. The average molecular weight is 272 g/mol. The molecule has 1 rings (SSSR count). The summed E-state index contributed by atoms with van der Waals surface area (Å²) >= 11 is 1.64. The van der Waals surface area contributed by atoms with Crippen LogP contribution in [0.1, 0.15) is 40.2 Å². The van der Waals surface area contributed by atoms with E-state index in [4.69, 9.17) is 10.5 Å². The second kappa shape index (κ2) is 7.63. The third-order valence-corrected chi connectivity index (χ3v) is 3.41. The van der Waals surface area contributed by atoms with Gasteiger partial charge in [-0.25, -0.2) is 0 Å². The van der Waals surface area contributed by atoms with E-state index in [0.717, 1.165) is 30.5 Å². The molecular formula is C12H24N4OS. The summed E-state index contributed by atoms with van der Waals surface area (Å²) in [7, 11) is 0. The van der Waals surface area contributed by atoms with Gasteiger partial charge in [0.1, 0.15) is 0 Å². The summed E-state index contributed by atoms with van der Waals surface area (Å²) in [4.78, 5) is 0. The van der Waals surface area contributed by atoms with E-state index in [2.05, 4.69) is 37.9 Å². The number of ether oxygens (including phenoxy) is 1. The molecule has 0 aliphatic carbocycles. The third kappa shape index (κ3) is 4.86. The predicted molar refractivity (Wildman–Crippen MR) is 75.8 cm³/mol. The second-order valence-electron chi connectivity index (χ2n) is 4.95. The molecule has 0 aromatic carbocycles. The number of rotatable bonds is 8. The van der Waals surface area contributed by atoms with Gasteiger partial charge in [-0.1, -0.05) is 25.6 Å². The summed E-state index contributed by atoms with van der Waals surface area (Å²) in [6, 6.07) is 0.282. The summed E-state index contributed by atoms with van der Waals surface area (Å²) < 4.78 is 7.51.